The molecule has 1 aromatic heterocycles. The number of rotatable bonds is 5. The van der Waals surface area contributed by atoms with Gasteiger partial charge in [-0.2, -0.15) is 9.40 Å². The smallest absolute Gasteiger partial charge is 0.248 e. The van der Waals surface area contributed by atoms with Gasteiger partial charge in [-0.15, -0.1) is 0 Å². The highest BCUT2D eigenvalue weighted by Crippen LogP contribution is 2.28. The summed E-state index contributed by atoms with van der Waals surface area (Å²) in [5.74, 6) is 0.113. The molecule has 120 valence electrons. The fourth-order valence-corrected chi connectivity index (χ4v) is 4.79. The molecular formula is C14H26N4O2S. The number of nitrogens with two attached hydrogens (primary N) is 1. The molecule has 0 radical (unpaired) electrons. The van der Waals surface area contributed by atoms with Crippen LogP contribution in [0.1, 0.15) is 52.4 Å². The second kappa shape index (κ2) is 6.79. The molecule has 1 aromatic rings. The fraction of sp³-hybridized carbons (Fsp3) is 0.786. The van der Waals surface area contributed by atoms with E-state index in [1.165, 1.54) is 0 Å². The number of anilines is 1. The molecule has 1 fully saturated rings. The first-order chi connectivity index (χ1) is 10.0. The van der Waals surface area contributed by atoms with Gasteiger partial charge in [0, 0.05) is 25.3 Å². The molecule has 1 saturated heterocycles. The molecule has 0 saturated carbocycles. The van der Waals surface area contributed by atoms with Crippen LogP contribution in [0.15, 0.2) is 11.1 Å². The minimum Gasteiger partial charge on any atom is -0.381 e. The summed E-state index contributed by atoms with van der Waals surface area (Å²) in [4.78, 5) is 0.163. The molecule has 21 heavy (non-hydrogen) atoms. The highest BCUT2D eigenvalue weighted by Gasteiger charge is 2.34. The van der Waals surface area contributed by atoms with Crippen LogP contribution in [0.3, 0.4) is 0 Å². The lowest BCUT2D eigenvalue weighted by molar-refractivity contribution is 0.315. The number of nitrogen functional groups attached to an aromatic ring is 1. The van der Waals surface area contributed by atoms with Gasteiger partial charge < -0.3 is 5.73 Å². The number of hydrogen-bond donors (Lipinski definition) is 1. The maximum atomic E-state index is 12.9. The van der Waals surface area contributed by atoms with Gasteiger partial charge in [0.1, 0.15) is 4.90 Å². The van der Waals surface area contributed by atoms with Crippen LogP contribution in [0.5, 0.6) is 0 Å². The second-order valence-corrected chi connectivity index (χ2v) is 7.53. The summed E-state index contributed by atoms with van der Waals surface area (Å²) in [5.41, 5.74) is 5.85. The largest absolute Gasteiger partial charge is 0.381 e. The predicted octanol–water partition coefficient (Wildman–Crippen LogP) is 2.22. The van der Waals surface area contributed by atoms with E-state index in [1.54, 1.807) is 15.2 Å². The Morgan fingerprint density at radius 3 is 2.76 bits per heavy atom. The molecule has 0 aromatic carbocycles. The Morgan fingerprint density at radius 1 is 1.33 bits per heavy atom. The molecule has 1 aliphatic rings. The van der Waals surface area contributed by atoms with Crippen molar-refractivity contribution >= 4 is 15.8 Å². The lowest BCUT2D eigenvalue weighted by Crippen LogP contribution is -2.39. The van der Waals surface area contributed by atoms with Gasteiger partial charge in [-0.3, -0.25) is 4.68 Å². The molecule has 0 spiro atoms. The summed E-state index contributed by atoms with van der Waals surface area (Å²) in [6.07, 6.45) is 7.33. The number of sulfonamides is 1. The van der Waals surface area contributed by atoms with Crippen molar-refractivity contribution in [2.24, 2.45) is 0 Å². The first-order valence-corrected chi connectivity index (χ1v) is 9.29. The van der Waals surface area contributed by atoms with E-state index in [2.05, 4.69) is 5.10 Å². The standard InChI is InChI=1S/C14H26N4O2S/c1-3-9-17-11-13(14(15)16-17)21(19,20)18-10-7-5-6-8-12(18)4-2/h11-12H,3-10H2,1-2H3,(H2,15,16). The Kier molecular flexibility index (Phi) is 5.27. The van der Waals surface area contributed by atoms with Crippen molar-refractivity contribution in [2.45, 2.75) is 69.9 Å². The van der Waals surface area contributed by atoms with Gasteiger partial charge in [-0.1, -0.05) is 26.7 Å². The minimum atomic E-state index is -3.55. The molecular weight excluding hydrogens is 288 g/mol. The average Bonchev–Trinajstić information content (AvgIpc) is 2.68. The lowest BCUT2D eigenvalue weighted by Gasteiger charge is -2.27. The maximum Gasteiger partial charge on any atom is 0.248 e. The molecule has 1 atom stereocenters. The van der Waals surface area contributed by atoms with E-state index in [9.17, 15) is 8.42 Å². The van der Waals surface area contributed by atoms with Crippen molar-refractivity contribution in [3.8, 4) is 0 Å². The van der Waals surface area contributed by atoms with Crippen LogP contribution < -0.4 is 5.73 Å². The Labute approximate surface area is 127 Å². The summed E-state index contributed by atoms with van der Waals surface area (Å²) < 4.78 is 29.1. The van der Waals surface area contributed by atoms with Crippen LogP contribution in [-0.4, -0.2) is 35.1 Å². The van der Waals surface area contributed by atoms with E-state index in [0.29, 0.717) is 13.1 Å². The molecule has 0 bridgehead atoms. The zero-order valence-corrected chi connectivity index (χ0v) is 13.8. The zero-order valence-electron chi connectivity index (χ0n) is 13.0. The Hall–Kier alpha value is -1.08. The van der Waals surface area contributed by atoms with Gasteiger partial charge in [0.05, 0.1) is 0 Å². The quantitative estimate of drug-likeness (QED) is 0.903. The van der Waals surface area contributed by atoms with Crippen molar-refractivity contribution in [2.75, 3.05) is 12.3 Å². The molecule has 0 aliphatic carbocycles. The summed E-state index contributed by atoms with van der Waals surface area (Å²) >= 11 is 0. The van der Waals surface area contributed by atoms with Crippen LogP contribution in [0.2, 0.25) is 0 Å². The minimum absolute atomic E-state index is 0.0754. The number of hydrogen-bond acceptors (Lipinski definition) is 4. The third-order valence-electron chi connectivity index (χ3n) is 4.09. The van der Waals surface area contributed by atoms with E-state index in [0.717, 1.165) is 38.5 Å². The molecule has 1 unspecified atom stereocenters. The second-order valence-electron chi connectivity index (χ2n) is 5.67. The third-order valence-corrected chi connectivity index (χ3v) is 6.06. The van der Waals surface area contributed by atoms with Crippen molar-refractivity contribution < 1.29 is 8.42 Å². The Morgan fingerprint density at radius 2 is 2.10 bits per heavy atom. The molecule has 6 nitrogen and oxygen atoms in total. The van der Waals surface area contributed by atoms with Crippen LogP contribution >= 0.6 is 0 Å². The van der Waals surface area contributed by atoms with Gasteiger partial charge in [-0.25, -0.2) is 8.42 Å². The van der Waals surface area contributed by atoms with Crippen molar-refractivity contribution in [1.29, 1.82) is 0 Å². The molecule has 2 rings (SSSR count). The molecule has 2 N–H and O–H groups in total. The van der Waals surface area contributed by atoms with Gasteiger partial charge in [-0.05, 0) is 25.7 Å². The van der Waals surface area contributed by atoms with Crippen LogP contribution in [0.25, 0.3) is 0 Å². The van der Waals surface area contributed by atoms with E-state index < -0.39 is 10.0 Å². The SMILES string of the molecule is CCCn1cc(S(=O)(=O)N2CCCCCC2CC)c(N)n1. The molecule has 2 heterocycles. The summed E-state index contributed by atoms with van der Waals surface area (Å²) in [5, 5.41) is 4.12. The Balaban J connectivity index is 2.35. The summed E-state index contributed by atoms with van der Waals surface area (Å²) in [7, 11) is -3.55. The normalized spacial score (nSPS) is 21.3. The van der Waals surface area contributed by atoms with E-state index in [-0.39, 0.29) is 16.8 Å². The maximum absolute atomic E-state index is 12.9. The fourth-order valence-electron chi connectivity index (χ4n) is 2.96. The van der Waals surface area contributed by atoms with E-state index in [1.807, 2.05) is 13.8 Å². The van der Waals surface area contributed by atoms with Gasteiger partial charge in [0.2, 0.25) is 10.0 Å². The highest BCUT2D eigenvalue weighted by molar-refractivity contribution is 7.89. The summed E-state index contributed by atoms with van der Waals surface area (Å²) in [6, 6.07) is 0.0754. The van der Waals surface area contributed by atoms with Gasteiger partial charge in [0.15, 0.2) is 5.82 Å². The third kappa shape index (κ3) is 3.40. The van der Waals surface area contributed by atoms with Crippen LogP contribution in [0, 0.1) is 0 Å². The van der Waals surface area contributed by atoms with Gasteiger partial charge in [0.25, 0.3) is 0 Å². The number of nitrogens with zero attached hydrogens (tertiary/aromatic N) is 3. The van der Waals surface area contributed by atoms with Gasteiger partial charge >= 0.3 is 0 Å². The Bertz CT molecular complexity index is 568. The van der Waals surface area contributed by atoms with E-state index >= 15 is 0 Å². The molecule has 0 amide bonds. The highest BCUT2D eigenvalue weighted by atomic mass is 32.2. The molecule has 1 aliphatic heterocycles. The van der Waals surface area contributed by atoms with Crippen LogP contribution in [0.4, 0.5) is 5.82 Å². The average molecular weight is 314 g/mol. The van der Waals surface area contributed by atoms with E-state index in [4.69, 9.17) is 5.73 Å². The first kappa shape index (κ1) is 16.3. The molecule has 7 heteroatoms. The van der Waals surface area contributed by atoms with Crippen LogP contribution in [-0.2, 0) is 16.6 Å². The number of aromatic nitrogens is 2. The number of aryl methyl sites for hydroxylation is 1. The summed E-state index contributed by atoms with van der Waals surface area (Å²) in [6.45, 7) is 5.33. The monoisotopic (exact) mass is 314 g/mol. The van der Waals surface area contributed by atoms with Crippen molar-refractivity contribution in [3.63, 3.8) is 0 Å². The van der Waals surface area contributed by atoms with Crippen molar-refractivity contribution in [1.82, 2.24) is 14.1 Å². The lowest BCUT2D eigenvalue weighted by atomic mass is 10.1. The topological polar surface area (TPSA) is 81.2 Å². The first-order valence-electron chi connectivity index (χ1n) is 7.85. The predicted molar refractivity (Wildman–Crippen MR) is 83.4 cm³/mol. The van der Waals surface area contributed by atoms with Crippen molar-refractivity contribution in [3.05, 3.63) is 6.20 Å². The zero-order chi connectivity index (χ0) is 15.5.